The van der Waals surface area contributed by atoms with Crippen LogP contribution in [0.25, 0.3) is 0 Å². The molecule has 0 aromatic heterocycles. The van der Waals surface area contributed by atoms with Gasteiger partial charge in [-0.25, -0.2) is 0 Å². The maximum atomic E-state index is 5.80. The van der Waals surface area contributed by atoms with Gasteiger partial charge in [0.25, 0.3) is 0 Å². The lowest BCUT2D eigenvalue weighted by atomic mass is 9.92. The van der Waals surface area contributed by atoms with Crippen LogP contribution in [-0.2, 0) is 18.9 Å². The first kappa shape index (κ1) is 13.0. The summed E-state index contributed by atoms with van der Waals surface area (Å²) in [5, 5.41) is 0. The summed E-state index contributed by atoms with van der Waals surface area (Å²) in [7, 11) is 5.36. The van der Waals surface area contributed by atoms with Gasteiger partial charge in [-0.15, -0.1) is 0 Å². The molecule has 4 nitrogen and oxygen atoms in total. The molecule has 0 aromatic rings. The second-order valence-corrected chi connectivity index (χ2v) is 4.18. The van der Waals surface area contributed by atoms with E-state index in [1.54, 1.807) is 14.2 Å². The van der Waals surface area contributed by atoms with Crippen LogP contribution in [0.15, 0.2) is 0 Å². The molecule has 15 heavy (non-hydrogen) atoms. The summed E-state index contributed by atoms with van der Waals surface area (Å²) in [6.45, 7) is 4.58. The normalized spacial score (nSPS) is 36.3. The third kappa shape index (κ3) is 3.18. The van der Waals surface area contributed by atoms with E-state index in [9.17, 15) is 0 Å². The molecule has 0 N–H and O–H groups in total. The van der Waals surface area contributed by atoms with Gasteiger partial charge in [0.1, 0.15) is 26.2 Å². The highest BCUT2D eigenvalue weighted by molar-refractivity contribution is 6.11. The molecule has 0 saturated carbocycles. The SMILES string of the molecule is B[C@@H]1O[C@H](COC)[C@H](OC)C1OC(C)C. The Morgan fingerprint density at radius 2 is 1.93 bits per heavy atom. The molecular weight excluding hydrogens is 195 g/mol. The van der Waals surface area contributed by atoms with E-state index in [0.29, 0.717) is 6.61 Å². The van der Waals surface area contributed by atoms with Crippen molar-refractivity contribution < 1.29 is 18.9 Å². The van der Waals surface area contributed by atoms with Crippen molar-refractivity contribution in [2.24, 2.45) is 0 Å². The zero-order chi connectivity index (χ0) is 11.4. The predicted octanol–water partition coefficient (Wildman–Crippen LogP) is -0.201. The van der Waals surface area contributed by atoms with Crippen molar-refractivity contribution in [3.8, 4) is 0 Å². The third-order valence-corrected chi connectivity index (χ3v) is 2.57. The van der Waals surface area contributed by atoms with E-state index >= 15 is 0 Å². The van der Waals surface area contributed by atoms with Gasteiger partial charge in [-0.3, -0.25) is 0 Å². The van der Waals surface area contributed by atoms with Gasteiger partial charge in [0, 0.05) is 14.2 Å². The standard InChI is InChI=1S/C10H21BO4/c1-6(2)14-9-8(13-4)7(5-12-3)15-10(9)11/h6-10H,5,11H2,1-4H3/t7-,8+,9?,10-/m1/s1. The Kier molecular flexibility index (Phi) is 5.05. The number of methoxy groups -OCH3 is 2. The summed E-state index contributed by atoms with van der Waals surface area (Å²) in [4.78, 5) is 0. The average Bonchev–Trinajstić information content (AvgIpc) is 2.43. The van der Waals surface area contributed by atoms with Crippen LogP contribution in [0.3, 0.4) is 0 Å². The fourth-order valence-corrected chi connectivity index (χ4v) is 2.00. The largest absolute Gasteiger partial charge is 0.382 e. The lowest BCUT2D eigenvalue weighted by Crippen LogP contribution is -2.39. The maximum absolute atomic E-state index is 5.80. The lowest BCUT2D eigenvalue weighted by Gasteiger charge is -2.24. The topological polar surface area (TPSA) is 36.9 Å². The molecule has 1 aliphatic heterocycles. The van der Waals surface area contributed by atoms with Crippen molar-refractivity contribution in [2.75, 3.05) is 20.8 Å². The lowest BCUT2D eigenvalue weighted by molar-refractivity contribution is -0.0722. The molecule has 1 heterocycles. The van der Waals surface area contributed by atoms with E-state index in [2.05, 4.69) is 0 Å². The number of rotatable bonds is 5. The molecular formula is C10H21BO4. The first-order chi connectivity index (χ1) is 7.10. The third-order valence-electron chi connectivity index (χ3n) is 2.57. The molecule has 4 atom stereocenters. The molecule has 0 bridgehead atoms. The second kappa shape index (κ2) is 5.84. The minimum atomic E-state index is -0.0395. The van der Waals surface area contributed by atoms with Crippen molar-refractivity contribution in [1.82, 2.24) is 0 Å². The number of hydrogen-bond donors (Lipinski definition) is 0. The summed E-state index contributed by atoms with van der Waals surface area (Å²) in [5.74, 6) is 0. The van der Waals surface area contributed by atoms with Crippen molar-refractivity contribution in [2.45, 2.75) is 44.3 Å². The van der Waals surface area contributed by atoms with Gasteiger partial charge in [-0.2, -0.15) is 0 Å². The number of ether oxygens (including phenoxy) is 4. The van der Waals surface area contributed by atoms with Gasteiger partial charge in [-0.1, -0.05) is 0 Å². The second-order valence-electron chi connectivity index (χ2n) is 4.18. The highest BCUT2D eigenvalue weighted by Gasteiger charge is 2.43. The molecule has 0 spiro atoms. The molecule has 1 fully saturated rings. The molecule has 1 rings (SSSR count). The Labute approximate surface area is 92.6 Å². The van der Waals surface area contributed by atoms with E-state index in [-0.39, 0.29) is 30.4 Å². The summed E-state index contributed by atoms with van der Waals surface area (Å²) >= 11 is 0. The highest BCUT2D eigenvalue weighted by atomic mass is 16.6. The van der Waals surface area contributed by atoms with Crippen molar-refractivity contribution in [3.63, 3.8) is 0 Å². The Morgan fingerprint density at radius 3 is 2.40 bits per heavy atom. The monoisotopic (exact) mass is 216 g/mol. The first-order valence-electron chi connectivity index (χ1n) is 5.42. The van der Waals surface area contributed by atoms with Gasteiger partial charge >= 0.3 is 0 Å². The fraction of sp³-hybridized carbons (Fsp3) is 1.00. The van der Waals surface area contributed by atoms with Gasteiger partial charge < -0.3 is 18.9 Å². The molecule has 1 unspecified atom stereocenters. The molecule has 0 radical (unpaired) electrons. The Morgan fingerprint density at radius 1 is 1.27 bits per heavy atom. The summed E-state index contributed by atoms with van der Waals surface area (Å²) < 4.78 is 22.1. The van der Waals surface area contributed by atoms with Crippen LogP contribution in [0.1, 0.15) is 13.8 Å². The van der Waals surface area contributed by atoms with Gasteiger partial charge in [0.2, 0.25) is 0 Å². The maximum Gasteiger partial charge on any atom is 0.142 e. The molecule has 1 saturated heterocycles. The van der Waals surface area contributed by atoms with Crippen molar-refractivity contribution in [1.29, 1.82) is 0 Å². The summed E-state index contributed by atoms with van der Waals surface area (Å²) in [6, 6.07) is 0.0532. The molecule has 5 heteroatoms. The smallest absolute Gasteiger partial charge is 0.142 e. The Balaban J connectivity index is 2.60. The molecule has 1 aliphatic rings. The van der Waals surface area contributed by atoms with Crippen LogP contribution in [0.5, 0.6) is 0 Å². The van der Waals surface area contributed by atoms with Crippen LogP contribution in [0.4, 0.5) is 0 Å². The Hall–Kier alpha value is -0.0951. The van der Waals surface area contributed by atoms with Crippen LogP contribution in [-0.4, -0.2) is 59.1 Å². The van der Waals surface area contributed by atoms with Crippen molar-refractivity contribution in [3.05, 3.63) is 0 Å². The van der Waals surface area contributed by atoms with E-state index in [0.717, 1.165) is 0 Å². The zero-order valence-corrected chi connectivity index (χ0v) is 10.2. The van der Waals surface area contributed by atoms with Crippen LogP contribution in [0, 0.1) is 0 Å². The fourth-order valence-electron chi connectivity index (χ4n) is 2.00. The van der Waals surface area contributed by atoms with Gasteiger partial charge in [-0.05, 0) is 13.8 Å². The minimum absolute atomic E-state index is 0.00449. The van der Waals surface area contributed by atoms with Gasteiger partial charge in [0.05, 0.1) is 18.7 Å². The van der Waals surface area contributed by atoms with Crippen molar-refractivity contribution >= 4 is 7.85 Å². The molecule has 88 valence electrons. The van der Waals surface area contributed by atoms with Crippen LogP contribution < -0.4 is 0 Å². The molecule has 0 aromatic carbocycles. The van der Waals surface area contributed by atoms with Gasteiger partial charge in [0.15, 0.2) is 0 Å². The minimum Gasteiger partial charge on any atom is -0.382 e. The summed E-state index contributed by atoms with van der Waals surface area (Å²) in [6.07, 6.45) is 0.108. The molecule has 0 aliphatic carbocycles. The summed E-state index contributed by atoms with van der Waals surface area (Å²) in [5.41, 5.74) is 0. The predicted molar refractivity (Wildman–Crippen MR) is 59.9 cm³/mol. The van der Waals surface area contributed by atoms with E-state index < -0.39 is 0 Å². The quantitative estimate of drug-likeness (QED) is 0.596. The zero-order valence-electron chi connectivity index (χ0n) is 10.2. The van der Waals surface area contributed by atoms with Crippen LogP contribution >= 0.6 is 0 Å². The van der Waals surface area contributed by atoms with E-state index in [1.807, 2.05) is 21.7 Å². The average molecular weight is 216 g/mol. The van der Waals surface area contributed by atoms with E-state index in [1.165, 1.54) is 0 Å². The van der Waals surface area contributed by atoms with E-state index in [4.69, 9.17) is 18.9 Å². The van der Waals surface area contributed by atoms with Crippen LogP contribution in [0.2, 0.25) is 0 Å². The highest BCUT2D eigenvalue weighted by Crippen LogP contribution is 2.25. The first-order valence-corrected chi connectivity index (χ1v) is 5.42. The molecule has 0 amide bonds. The number of hydrogen-bond acceptors (Lipinski definition) is 4. The Bertz CT molecular complexity index is 188.